The number of ether oxygens (including phenoxy) is 1. The molecule has 1 N–H and O–H groups in total. The Balaban J connectivity index is 1.35. The number of hydrogen-bond donors (Lipinski definition) is 1. The van der Waals surface area contributed by atoms with Crippen LogP contribution in [0.15, 0.2) is 36.0 Å². The summed E-state index contributed by atoms with van der Waals surface area (Å²) in [7, 11) is 1.59. The molecule has 1 aliphatic rings. The van der Waals surface area contributed by atoms with Crippen LogP contribution in [0.3, 0.4) is 0 Å². The van der Waals surface area contributed by atoms with Gasteiger partial charge in [-0.2, -0.15) is 0 Å². The fourth-order valence-corrected chi connectivity index (χ4v) is 5.69. The van der Waals surface area contributed by atoms with E-state index in [4.69, 9.17) is 16.3 Å². The minimum absolute atomic E-state index is 0.0886. The Morgan fingerprint density at radius 3 is 2.82 bits per heavy atom. The number of nitrogens with zero attached hydrogens (tertiary/aromatic N) is 3. The molecule has 0 amide bonds. The van der Waals surface area contributed by atoms with Crippen molar-refractivity contribution >= 4 is 33.8 Å². The largest absolute Gasteiger partial charge is 0.497 e. The Labute approximate surface area is 203 Å². The van der Waals surface area contributed by atoms with Gasteiger partial charge >= 0.3 is 0 Å². The standard InChI is InChI=1S/C25H31ClFN3O2S/c1-32-18-4-5-22-19(15-18)24(20(26)16-29-22)21(27)6-7-25(17-31)8-12-30(13-9-25)11-2-3-23-28-10-14-33-23/h4-5,10,14-16,21,31H,2-3,6-9,11-13,17H2,1H3/t21-/m0/s1. The van der Waals surface area contributed by atoms with Gasteiger partial charge in [0.15, 0.2) is 0 Å². The highest BCUT2D eigenvalue weighted by atomic mass is 35.5. The zero-order valence-corrected chi connectivity index (χ0v) is 20.5. The van der Waals surface area contributed by atoms with Gasteiger partial charge in [0, 0.05) is 41.8 Å². The second-order valence-corrected chi connectivity index (χ2v) is 10.3. The van der Waals surface area contributed by atoms with Crippen molar-refractivity contribution in [3.05, 3.63) is 51.6 Å². The molecule has 5 nitrogen and oxygen atoms in total. The van der Waals surface area contributed by atoms with Crippen LogP contribution in [0.2, 0.25) is 5.02 Å². The number of aryl methyl sites for hydroxylation is 1. The zero-order chi connectivity index (χ0) is 23.3. The van der Waals surface area contributed by atoms with Gasteiger partial charge in [-0.05, 0) is 75.4 Å². The van der Waals surface area contributed by atoms with Crippen LogP contribution >= 0.6 is 22.9 Å². The lowest BCUT2D eigenvalue weighted by Gasteiger charge is -2.41. The van der Waals surface area contributed by atoms with E-state index < -0.39 is 6.17 Å². The second kappa shape index (κ2) is 11.1. The topological polar surface area (TPSA) is 58.5 Å². The number of halogens is 2. The third-order valence-electron chi connectivity index (χ3n) is 6.91. The average Bonchev–Trinajstić information content (AvgIpc) is 3.36. The number of piperidine rings is 1. The summed E-state index contributed by atoms with van der Waals surface area (Å²) in [6, 6.07) is 5.42. The van der Waals surface area contributed by atoms with E-state index in [9.17, 15) is 5.11 Å². The number of aliphatic hydroxyl groups is 1. The van der Waals surface area contributed by atoms with Gasteiger partial charge in [0.2, 0.25) is 0 Å². The van der Waals surface area contributed by atoms with E-state index in [-0.39, 0.29) is 12.0 Å². The van der Waals surface area contributed by atoms with Crippen LogP contribution < -0.4 is 4.74 Å². The molecule has 0 unspecified atom stereocenters. The van der Waals surface area contributed by atoms with Crippen LogP contribution in [0.25, 0.3) is 10.9 Å². The molecular weight excluding hydrogens is 461 g/mol. The summed E-state index contributed by atoms with van der Waals surface area (Å²) in [6.07, 6.45) is 6.95. The van der Waals surface area contributed by atoms with Gasteiger partial charge in [-0.15, -0.1) is 11.3 Å². The number of likely N-dealkylation sites (tertiary alicyclic amines) is 1. The average molecular weight is 492 g/mol. The van der Waals surface area contributed by atoms with Crippen molar-refractivity contribution in [3.8, 4) is 5.75 Å². The van der Waals surface area contributed by atoms with Crippen molar-refractivity contribution in [3.63, 3.8) is 0 Å². The van der Waals surface area contributed by atoms with Crippen LogP contribution in [-0.2, 0) is 6.42 Å². The molecule has 1 aromatic carbocycles. The minimum Gasteiger partial charge on any atom is -0.497 e. The number of aromatic nitrogens is 2. The van der Waals surface area contributed by atoms with Crippen molar-refractivity contribution in [1.29, 1.82) is 0 Å². The Morgan fingerprint density at radius 1 is 1.30 bits per heavy atom. The Morgan fingerprint density at radius 2 is 2.12 bits per heavy atom. The molecule has 1 saturated heterocycles. The Bertz CT molecular complexity index is 1040. The highest BCUT2D eigenvalue weighted by Crippen LogP contribution is 2.41. The maximum Gasteiger partial charge on any atom is 0.127 e. The van der Waals surface area contributed by atoms with E-state index in [1.165, 1.54) is 11.2 Å². The first-order valence-electron chi connectivity index (χ1n) is 11.5. The third kappa shape index (κ3) is 5.83. The lowest BCUT2D eigenvalue weighted by molar-refractivity contribution is 0.0300. The van der Waals surface area contributed by atoms with Gasteiger partial charge in [0.1, 0.15) is 11.9 Å². The summed E-state index contributed by atoms with van der Waals surface area (Å²) >= 11 is 8.09. The summed E-state index contributed by atoms with van der Waals surface area (Å²) in [5.74, 6) is 0.647. The van der Waals surface area contributed by atoms with Crippen LogP contribution in [-0.4, -0.2) is 53.3 Å². The molecule has 1 aliphatic heterocycles. The first-order chi connectivity index (χ1) is 16.0. The quantitative estimate of drug-likeness (QED) is 0.385. The molecule has 2 aromatic heterocycles. The maximum atomic E-state index is 15.6. The third-order valence-corrected chi connectivity index (χ3v) is 8.05. The number of hydrogen-bond acceptors (Lipinski definition) is 6. The van der Waals surface area contributed by atoms with E-state index in [0.29, 0.717) is 40.1 Å². The normalized spacial score (nSPS) is 17.3. The fourth-order valence-electron chi connectivity index (χ4n) is 4.76. The monoisotopic (exact) mass is 491 g/mol. The molecule has 4 rings (SSSR count). The molecule has 0 aliphatic carbocycles. The molecule has 33 heavy (non-hydrogen) atoms. The minimum atomic E-state index is -1.23. The molecule has 0 bridgehead atoms. The summed E-state index contributed by atoms with van der Waals surface area (Å²) in [4.78, 5) is 11.1. The fraction of sp³-hybridized carbons (Fsp3) is 0.520. The lowest BCUT2D eigenvalue weighted by atomic mass is 9.74. The number of benzene rings is 1. The Hall–Kier alpha value is -1.80. The van der Waals surface area contributed by atoms with Gasteiger partial charge < -0.3 is 14.7 Å². The van der Waals surface area contributed by atoms with E-state index in [1.807, 2.05) is 23.7 Å². The molecule has 1 atom stereocenters. The van der Waals surface area contributed by atoms with Crippen molar-refractivity contribution in [1.82, 2.24) is 14.9 Å². The summed E-state index contributed by atoms with van der Waals surface area (Å²) in [5, 5.41) is 14.4. The summed E-state index contributed by atoms with van der Waals surface area (Å²) < 4.78 is 20.9. The SMILES string of the molecule is COc1ccc2ncc(Cl)c([C@@H](F)CCC3(CO)CCN(CCCc4nccs4)CC3)c2c1. The molecular formula is C25H31ClFN3O2S. The smallest absolute Gasteiger partial charge is 0.127 e. The van der Waals surface area contributed by atoms with Crippen molar-refractivity contribution in [2.75, 3.05) is 33.4 Å². The molecule has 0 spiro atoms. The highest BCUT2D eigenvalue weighted by molar-refractivity contribution is 7.09. The molecule has 3 aromatic rings. The number of aliphatic hydroxyl groups excluding tert-OH is 1. The molecule has 178 valence electrons. The van der Waals surface area contributed by atoms with E-state index in [2.05, 4.69) is 14.9 Å². The van der Waals surface area contributed by atoms with Crippen LogP contribution in [0.1, 0.15) is 48.8 Å². The Kier molecular flexibility index (Phi) is 8.17. The van der Waals surface area contributed by atoms with E-state index >= 15 is 4.39 Å². The van der Waals surface area contributed by atoms with Crippen molar-refractivity contribution < 1.29 is 14.2 Å². The van der Waals surface area contributed by atoms with Crippen molar-refractivity contribution in [2.24, 2.45) is 5.41 Å². The van der Waals surface area contributed by atoms with E-state index in [1.54, 1.807) is 24.5 Å². The van der Waals surface area contributed by atoms with Gasteiger partial charge in [-0.3, -0.25) is 4.98 Å². The molecule has 0 saturated carbocycles. The van der Waals surface area contributed by atoms with Gasteiger partial charge in [-0.25, -0.2) is 9.37 Å². The predicted molar refractivity (Wildman–Crippen MR) is 132 cm³/mol. The number of fused-ring (bicyclic) bond motifs is 1. The number of thiazole rings is 1. The first-order valence-corrected chi connectivity index (χ1v) is 12.8. The van der Waals surface area contributed by atoms with E-state index in [0.717, 1.165) is 45.3 Å². The first kappa shape index (κ1) is 24.3. The summed E-state index contributed by atoms with van der Waals surface area (Å²) in [5.41, 5.74) is 0.928. The van der Waals surface area contributed by atoms with Crippen LogP contribution in [0, 0.1) is 5.41 Å². The number of rotatable bonds is 10. The second-order valence-electron chi connectivity index (χ2n) is 8.94. The predicted octanol–water partition coefficient (Wildman–Crippen LogP) is 5.85. The molecule has 1 fully saturated rings. The van der Waals surface area contributed by atoms with Gasteiger partial charge in [0.05, 0.1) is 22.7 Å². The molecule has 3 heterocycles. The number of alkyl halides is 1. The number of pyridine rings is 1. The maximum absolute atomic E-state index is 15.6. The van der Waals surface area contributed by atoms with Gasteiger partial charge in [-0.1, -0.05) is 11.6 Å². The zero-order valence-electron chi connectivity index (χ0n) is 19.0. The lowest BCUT2D eigenvalue weighted by Crippen LogP contribution is -2.42. The summed E-state index contributed by atoms with van der Waals surface area (Å²) in [6.45, 7) is 3.00. The molecule has 0 radical (unpaired) electrons. The highest BCUT2D eigenvalue weighted by Gasteiger charge is 2.35. The molecule has 8 heteroatoms. The van der Waals surface area contributed by atoms with Crippen molar-refractivity contribution in [2.45, 2.75) is 44.7 Å². The number of methoxy groups -OCH3 is 1. The van der Waals surface area contributed by atoms with Gasteiger partial charge in [0.25, 0.3) is 0 Å². The van der Waals surface area contributed by atoms with Crippen LogP contribution in [0.5, 0.6) is 5.75 Å². The van der Waals surface area contributed by atoms with Crippen LogP contribution in [0.4, 0.5) is 4.39 Å².